The normalized spacial score (nSPS) is 28.6. The van der Waals surface area contributed by atoms with Crippen LogP contribution in [-0.2, 0) is 0 Å². The van der Waals surface area contributed by atoms with Crippen molar-refractivity contribution in [2.45, 2.75) is 65.0 Å². The average molecular weight is 355 g/mol. The molecule has 0 amide bonds. The largest absolute Gasteiger partial charge is 0.306 e. The van der Waals surface area contributed by atoms with Crippen molar-refractivity contribution in [1.29, 1.82) is 0 Å². The third-order valence-electron chi connectivity index (χ3n) is 6.64. The molecule has 0 spiro atoms. The van der Waals surface area contributed by atoms with Gasteiger partial charge in [0.05, 0.1) is 0 Å². The van der Waals surface area contributed by atoms with Crippen molar-refractivity contribution >= 4 is 11.8 Å². The molecule has 2 nitrogen and oxygen atoms in total. The Hall–Kier alpha value is 0.270. The van der Waals surface area contributed by atoms with Crippen LogP contribution in [0, 0.1) is 23.7 Å². The van der Waals surface area contributed by atoms with E-state index in [1.165, 1.54) is 70.6 Å². The summed E-state index contributed by atoms with van der Waals surface area (Å²) in [5, 5.41) is 0.873. The van der Waals surface area contributed by atoms with Gasteiger partial charge in [-0.3, -0.25) is 0 Å². The van der Waals surface area contributed by atoms with Crippen LogP contribution in [0.3, 0.4) is 0 Å². The van der Waals surface area contributed by atoms with E-state index in [1.807, 2.05) is 0 Å². The van der Waals surface area contributed by atoms with Crippen LogP contribution >= 0.6 is 11.8 Å². The zero-order valence-electron chi connectivity index (χ0n) is 17.0. The first-order valence-corrected chi connectivity index (χ1v) is 11.5. The van der Waals surface area contributed by atoms with E-state index >= 15 is 0 Å². The van der Waals surface area contributed by atoms with Crippen LogP contribution in [0.15, 0.2) is 0 Å². The predicted octanol–water partition coefficient (Wildman–Crippen LogP) is 4.84. The summed E-state index contributed by atoms with van der Waals surface area (Å²) < 4.78 is 0. The summed E-state index contributed by atoms with van der Waals surface area (Å²) in [6, 6.07) is 0. The summed E-state index contributed by atoms with van der Waals surface area (Å²) >= 11 is 2.25. The molecule has 0 N–H and O–H groups in total. The van der Waals surface area contributed by atoms with Gasteiger partial charge in [-0.05, 0) is 69.5 Å². The first kappa shape index (κ1) is 20.6. The molecule has 2 rings (SSSR count). The fraction of sp³-hybridized carbons (Fsp3) is 1.00. The van der Waals surface area contributed by atoms with Crippen LogP contribution in [0.25, 0.3) is 0 Å². The Bertz CT molecular complexity index is 341. The van der Waals surface area contributed by atoms with Crippen molar-refractivity contribution in [1.82, 2.24) is 9.80 Å². The Labute approximate surface area is 156 Å². The zero-order chi connectivity index (χ0) is 17.5. The molecule has 0 bridgehead atoms. The van der Waals surface area contributed by atoms with Gasteiger partial charge in [-0.2, -0.15) is 11.8 Å². The van der Waals surface area contributed by atoms with Gasteiger partial charge in [0.25, 0.3) is 0 Å². The number of thioether (sulfide) groups is 1. The summed E-state index contributed by atoms with van der Waals surface area (Å²) in [5.41, 5.74) is 0. The summed E-state index contributed by atoms with van der Waals surface area (Å²) in [6.45, 7) is 16.4. The molecule has 2 saturated heterocycles. The van der Waals surface area contributed by atoms with E-state index in [2.05, 4.69) is 56.3 Å². The minimum Gasteiger partial charge on any atom is -0.306 e. The number of hydrogen-bond donors (Lipinski definition) is 0. The second kappa shape index (κ2) is 10.4. The lowest BCUT2D eigenvalue weighted by Crippen LogP contribution is -2.41. The quantitative estimate of drug-likeness (QED) is 0.615. The Balaban J connectivity index is 1.71. The first-order chi connectivity index (χ1) is 11.5. The van der Waals surface area contributed by atoms with Crippen molar-refractivity contribution in [3.05, 3.63) is 0 Å². The first-order valence-electron chi connectivity index (χ1n) is 10.5. The highest BCUT2D eigenvalue weighted by atomic mass is 32.2. The summed E-state index contributed by atoms with van der Waals surface area (Å²) in [4.78, 5) is 5.23. The van der Waals surface area contributed by atoms with Crippen LogP contribution in [-0.4, -0.2) is 60.6 Å². The fourth-order valence-electron chi connectivity index (χ4n) is 4.36. The Morgan fingerprint density at radius 1 is 1.00 bits per heavy atom. The molecule has 2 aliphatic rings. The van der Waals surface area contributed by atoms with Crippen molar-refractivity contribution in [3.63, 3.8) is 0 Å². The van der Waals surface area contributed by atoms with E-state index in [0.29, 0.717) is 0 Å². The number of nitrogens with zero attached hydrogens (tertiary/aromatic N) is 2. The highest BCUT2D eigenvalue weighted by molar-refractivity contribution is 8.00. The van der Waals surface area contributed by atoms with Crippen LogP contribution in [0.1, 0.15) is 59.8 Å². The lowest BCUT2D eigenvalue weighted by atomic mass is 9.81. The highest BCUT2D eigenvalue weighted by Gasteiger charge is 2.26. The van der Waals surface area contributed by atoms with Crippen molar-refractivity contribution in [2.24, 2.45) is 23.7 Å². The van der Waals surface area contributed by atoms with Gasteiger partial charge in [-0.1, -0.05) is 34.1 Å². The minimum absolute atomic E-state index is 0.856. The van der Waals surface area contributed by atoms with Gasteiger partial charge in [0.1, 0.15) is 0 Å². The predicted molar refractivity (Wildman–Crippen MR) is 110 cm³/mol. The molecule has 0 aromatic carbocycles. The standard InChI is InChI=1S/C21H42N2S/c1-6-17(2)15-23-11-12-24-21(16-23)14-19(4)18(3)13-20-7-9-22(5)10-8-20/h17-21H,6-16H2,1-5H3/t17-,18?,19?,21?/m1/s1. The molecular weight excluding hydrogens is 312 g/mol. The number of piperidine rings is 1. The molecule has 0 radical (unpaired) electrons. The maximum Gasteiger partial charge on any atom is 0.0178 e. The Kier molecular flexibility index (Phi) is 8.94. The zero-order valence-corrected chi connectivity index (χ0v) is 17.8. The molecule has 0 aromatic heterocycles. The van der Waals surface area contributed by atoms with Crippen molar-refractivity contribution in [3.8, 4) is 0 Å². The van der Waals surface area contributed by atoms with E-state index in [4.69, 9.17) is 0 Å². The SMILES string of the molecule is CC[C@@H](C)CN1CCSC(CC(C)C(C)CC2CCN(C)CC2)C1. The molecule has 3 heteroatoms. The third kappa shape index (κ3) is 6.88. The molecule has 0 aromatic rings. The van der Waals surface area contributed by atoms with E-state index in [1.54, 1.807) is 0 Å². The lowest BCUT2D eigenvalue weighted by Gasteiger charge is -2.36. The van der Waals surface area contributed by atoms with Gasteiger partial charge >= 0.3 is 0 Å². The van der Waals surface area contributed by atoms with Gasteiger partial charge < -0.3 is 9.80 Å². The summed E-state index contributed by atoms with van der Waals surface area (Å²) in [7, 11) is 2.27. The molecule has 4 atom stereocenters. The topological polar surface area (TPSA) is 6.48 Å². The maximum atomic E-state index is 2.74. The second-order valence-corrected chi connectivity index (χ2v) is 10.3. The van der Waals surface area contributed by atoms with Gasteiger partial charge in [0, 0.05) is 30.6 Å². The molecule has 2 fully saturated rings. The van der Waals surface area contributed by atoms with Crippen LogP contribution in [0.5, 0.6) is 0 Å². The van der Waals surface area contributed by atoms with Crippen LogP contribution in [0.2, 0.25) is 0 Å². The molecule has 2 heterocycles. The molecule has 2 aliphatic heterocycles. The lowest BCUT2D eigenvalue weighted by molar-refractivity contribution is 0.178. The minimum atomic E-state index is 0.856. The number of hydrogen-bond acceptors (Lipinski definition) is 3. The molecular formula is C21H42N2S. The smallest absolute Gasteiger partial charge is 0.0178 e. The molecule has 3 unspecified atom stereocenters. The van der Waals surface area contributed by atoms with Gasteiger partial charge in [0.2, 0.25) is 0 Å². The van der Waals surface area contributed by atoms with Crippen molar-refractivity contribution < 1.29 is 0 Å². The molecule has 0 saturated carbocycles. The van der Waals surface area contributed by atoms with Crippen LogP contribution in [0.4, 0.5) is 0 Å². The van der Waals surface area contributed by atoms with Gasteiger partial charge in [-0.15, -0.1) is 0 Å². The maximum absolute atomic E-state index is 2.74. The van der Waals surface area contributed by atoms with E-state index in [-0.39, 0.29) is 0 Å². The Morgan fingerprint density at radius 2 is 1.67 bits per heavy atom. The monoisotopic (exact) mass is 354 g/mol. The molecule has 24 heavy (non-hydrogen) atoms. The Morgan fingerprint density at radius 3 is 2.33 bits per heavy atom. The number of likely N-dealkylation sites (tertiary alicyclic amines) is 1. The molecule has 0 aliphatic carbocycles. The molecule has 142 valence electrons. The van der Waals surface area contributed by atoms with E-state index in [9.17, 15) is 0 Å². The highest BCUT2D eigenvalue weighted by Crippen LogP contribution is 2.32. The fourth-order valence-corrected chi connectivity index (χ4v) is 5.81. The average Bonchev–Trinajstić information content (AvgIpc) is 2.57. The van der Waals surface area contributed by atoms with Crippen LogP contribution < -0.4 is 0 Å². The second-order valence-electron chi connectivity index (χ2n) is 8.94. The summed E-state index contributed by atoms with van der Waals surface area (Å²) in [5.74, 6) is 4.96. The van der Waals surface area contributed by atoms with Gasteiger partial charge in [-0.25, -0.2) is 0 Å². The van der Waals surface area contributed by atoms with Crippen molar-refractivity contribution in [2.75, 3.05) is 45.5 Å². The third-order valence-corrected chi connectivity index (χ3v) is 7.87. The number of rotatable bonds is 8. The summed E-state index contributed by atoms with van der Waals surface area (Å²) in [6.07, 6.45) is 7.06. The van der Waals surface area contributed by atoms with E-state index in [0.717, 1.165) is 28.9 Å². The van der Waals surface area contributed by atoms with E-state index < -0.39 is 0 Å². The van der Waals surface area contributed by atoms with Gasteiger partial charge in [0.15, 0.2) is 0 Å².